The molecule has 2 atom stereocenters. The van der Waals surface area contributed by atoms with Gasteiger partial charge in [0.2, 0.25) is 0 Å². The van der Waals surface area contributed by atoms with Crippen molar-refractivity contribution in [3.8, 4) is 0 Å². The third kappa shape index (κ3) is 6.29. The van der Waals surface area contributed by atoms with Crippen molar-refractivity contribution in [3.05, 3.63) is 71.3 Å². The Morgan fingerprint density at radius 1 is 0.708 bits per heavy atom. The second kappa shape index (κ2) is 10.3. The van der Waals surface area contributed by atoms with Crippen molar-refractivity contribution in [1.29, 1.82) is 0 Å². The van der Waals surface area contributed by atoms with Gasteiger partial charge >= 0.3 is 0 Å². The fourth-order valence-electron chi connectivity index (χ4n) is 3.04. The molecule has 0 unspecified atom stereocenters. The molecule has 0 N–H and O–H groups in total. The van der Waals surface area contributed by atoms with E-state index in [0.717, 1.165) is 41.9 Å². The maximum absolute atomic E-state index is 13.1. The molecule has 2 aromatic rings. The molecule has 0 heterocycles. The van der Waals surface area contributed by atoms with Crippen LogP contribution in [0, 0.1) is 23.5 Å². The van der Waals surface area contributed by atoms with E-state index in [-0.39, 0.29) is 11.6 Å². The van der Waals surface area contributed by atoms with Crippen molar-refractivity contribution < 1.29 is 8.78 Å². The topological polar surface area (TPSA) is 0 Å². The van der Waals surface area contributed by atoms with Crippen LogP contribution in [-0.4, -0.2) is 10.7 Å². The molecule has 0 aromatic heterocycles. The van der Waals surface area contributed by atoms with E-state index < -0.39 is 0 Å². The van der Waals surface area contributed by atoms with Gasteiger partial charge in [0.25, 0.3) is 0 Å². The van der Waals surface area contributed by atoms with Gasteiger partial charge in [-0.25, -0.2) is 8.78 Å². The standard InChI is InChI=1S/C20H22Br2F2/c21-11-1-2-17(12-15-3-7-19(23)8-4-15)18(14-22)13-16-5-9-20(24)10-6-16/h3-10,17-18H,1-2,11-14H2/t17-,18+/m0/s1. The summed E-state index contributed by atoms with van der Waals surface area (Å²) in [6.07, 6.45) is 4.07. The Hall–Kier alpha value is -0.740. The highest BCUT2D eigenvalue weighted by Gasteiger charge is 2.21. The van der Waals surface area contributed by atoms with E-state index in [1.807, 2.05) is 24.3 Å². The predicted octanol–water partition coefficient (Wildman–Crippen LogP) is 6.55. The van der Waals surface area contributed by atoms with E-state index in [4.69, 9.17) is 0 Å². The Balaban J connectivity index is 2.10. The summed E-state index contributed by atoms with van der Waals surface area (Å²) in [4.78, 5) is 0. The average Bonchev–Trinajstić information content (AvgIpc) is 2.60. The van der Waals surface area contributed by atoms with Gasteiger partial charge in [0.15, 0.2) is 0 Å². The van der Waals surface area contributed by atoms with Crippen molar-refractivity contribution >= 4 is 31.9 Å². The van der Waals surface area contributed by atoms with Crippen LogP contribution in [0.3, 0.4) is 0 Å². The Labute approximate surface area is 159 Å². The van der Waals surface area contributed by atoms with Crippen molar-refractivity contribution in [2.45, 2.75) is 25.7 Å². The quantitative estimate of drug-likeness (QED) is 0.373. The molecule has 0 amide bonds. The Morgan fingerprint density at radius 3 is 1.58 bits per heavy atom. The SMILES string of the molecule is Fc1ccc(C[C@H](CBr)[C@@H](CCCBr)Cc2ccc(F)cc2)cc1. The van der Waals surface area contributed by atoms with Gasteiger partial charge in [-0.15, -0.1) is 0 Å². The molecule has 24 heavy (non-hydrogen) atoms. The Bertz CT molecular complexity index is 596. The van der Waals surface area contributed by atoms with Crippen LogP contribution in [-0.2, 0) is 12.8 Å². The maximum atomic E-state index is 13.1. The van der Waals surface area contributed by atoms with Gasteiger partial charge in [-0.3, -0.25) is 0 Å². The zero-order valence-electron chi connectivity index (χ0n) is 13.5. The van der Waals surface area contributed by atoms with Gasteiger partial charge in [0.05, 0.1) is 0 Å². The molecular formula is C20H22Br2F2. The van der Waals surface area contributed by atoms with Crippen LogP contribution in [0.5, 0.6) is 0 Å². The minimum atomic E-state index is -0.198. The first-order chi connectivity index (χ1) is 11.6. The lowest BCUT2D eigenvalue weighted by Crippen LogP contribution is -2.21. The molecule has 0 aliphatic rings. The molecular weight excluding hydrogens is 438 g/mol. The molecule has 0 fully saturated rings. The fraction of sp³-hybridized carbons (Fsp3) is 0.400. The molecule has 0 radical (unpaired) electrons. The first-order valence-electron chi connectivity index (χ1n) is 8.23. The first-order valence-corrected chi connectivity index (χ1v) is 10.5. The molecule has 130 valence electrons. The van der Waals surface area contributed by atoms with Crippen LogP contribution in [0.4, 0.5) is 8.78 Å². The lowest BCUT2D eigenvalue weighted by Gasteiger charge is -2.26. The van der Waals surface area contributed by atoms with Crippen LogP contribution >= 0.6 is 31.9 Å². The van der Waals surface area contributed by atoms with Crippen LogP contribution in [0.15, 0.2) is 48.5 Å². The minimum absolute atomic E-state index is 0.195. The summed E-state index contributed by atoms with van der Waals surface area (Å²) < 4.78 is 26.2. The van der Waals surface area contributed by atoms with Crippen LogP contribution in [0.25, 0.3) is 0 Å². The second-order valence-electron chi connectivity index (χ2n) is 6.17. The molecule has 0 bridgehead atoms. The number of rotatable bonds is 9. The van der Waals surface area contributed by atoms with E-state index in [1.54, 1.807) is 0 Å². The normalized spacial score (nSPS) is 13.7. The monoisotopic (exact) mass is 458 g/mol. The summed E-state index contributed by atoms with van der Waals surface area (Å²) in [6.45, 7) is 0. The lowest BCUT2D eigenvalue weighted by atomic mass is 9.81. The maximum Gasteiger partial charge on any atom is 0.123 e. The summed E-state index contributed by atoms with van der Waals surface area (Å²) in [5.41, 5.74) is 2.32. The molecule has 0 saturated heterocycles. The third-order valence-electron chi connectivity index (χ3n) is 4.40. The molecule has 0 aliphatic heterocycles. The minimum Gasteiger partial charge on any atom is -0.207 e. The van der Waals surface area contributed by atoms with Gasteiger partial charge in [-0.05, 0) is 72.9 Å². The Kier molecular flexibility index (Phi) is 8.40. The van der Waals surface area contributed by atoms with Crippen molar-refractivity contribution in [2.24, 2.45) is 11.8 Å². The van der Waals surface area contributed by atoms with E-state index >= 15 is 0 Å². The van der Waals surface area contributed by atoms with Gasteiger partial charge in [-0.1, -0.05) is 56.1 Å². The highest BCUT2D eigenvalue weighted by Crippen LogP contribution is 2.28. The highest BCUT2D eigenvalue weighted by molar-refractivity contribution is 9.09. The average molecular weight is 460 g/mol. The number of benzene rings is 2. The van der Waals surface area contributed by atoms with Gasteiger partial charge in [0, 0.05) is 10.7 Å². The van der Waals surface area contributed by atoms with E-state index in [2.05, 4.69) is 31.9 Å². The van der Waals surface area contributed by atoms with Crippen molar-refractivity contribution in [3.63, 3.8) is 0 Å². The molecule has 0 saturated carbocycles. The van der Waals surface area contributed by atoms with Crippen LogP contribution < -0.4 is 0 Å². The van der Waals surface area contributed by atoms with Gasteiger partial charge < -0.3 is 0 Å². The van der Waals surface area contributed by atoms with Crippen LogP contribution in [0.1, 0.15) is 24.0 Å². The predicted molar refractivity (Wildman–Crippen MR) is 104 cm³/mol. The molecule has 0 aliphatic carbocycles. The molecule has 2 rings (SSSR count). The van der Waals surface area contributed by atoms with Crippen LogP contribution in [0.2, 0.25) is 0 Å². The number of alkyl halides is 2. The lowest BCUT2D eigenvalue weighted by molar-refractivity contribution is 0.336. The van der Waals surface area contributed by atoms with E-state index in [9.17, 15) is 8.78 Å². The zero-order chi connectivity index (χ0) is 17.4. The zero-order valence-corrected chi connectivity index (χ0v) is 16.7. The van der Waals surface area contributed by atoms with Gasteiger partial charge in [0.1, 0.15) is 11.6 Å². The first kappa shape index (κ1) is 19.6. The van der Waals surface area contributed by atoms with Gasteiger partial charge in [-0.2, -0.15) is 0 Å². The van der Waals surface area contributed by atoms with E-state index in [0.29, 0.717) is 11.8 Å². The molecule has 0 spiro atoms. The fourth-order valence-corrected chi connectivity index (χ4v) is 4.12. The molecule has 0 nitrogen and oxygen atoms in total. The van der Waals surface area contributed by atoms with Crippen molar-refractivity contribution in [1.82, 2.24) is 0 Å². The Morgan fingerprint density at radius 2 is 1.17 bits per heavy atom. The summed E-state index contributed by atoms with van der Waals surface area (Å²) in [5.74, 6) is 0.562. The second-order valence-corrected chi connectivity index (χ2v) is 7.61. The summed E-state index contributed by atoms with van der Waals surface area (Å²) >= 11 is 7.18. The number of hydrogen-bond donors (Lipinski definition) is 0. The third-order valence-corrected chi connectivity index (χ3v) is 5.79. The molecule has 4 heteroatoms. The van der Waals surface area contributed by atoms with Crippen molar-refractivity contribution in [2.75, 3.05) is 10.7 Å². The largest absolute Gasteiger partial charge is 0.207 e. The summed E-state index contributed by atoms with van der Waals surface area (Å²) in [5, 5.41) is 1.89. The number of halogens is 4. The highest BCUT2D eigenvalue weighted by atomic mass is 79.9. The number of hydrogen-bond acceptors (Lipinski definition) is 0. The summed E-state index contributed by atoms with van der Waals surface area (Å²) in [6, 6.07) is 13.6. The van der Waals surface area contributed by atoms with E-state index in [1.165, 1.54) is 29.8 Å². The molecule has 2 aromatic carbocycles. The smallest absolute Gasteiger partial charge is 0.123 e. The summed E-state index contributed by atoms with van der Waals surface area (Å²) in [7, 11) is 0.